The number of ether oxygens (including phenoxy) is 2. The van der Waals surface area contributed by atoms with Crippen molar-refractivity contribution in [3.05, 3.63) is 41.5 Å². The van der Waals surface area contributed by atoms with Crippen LogP contribution in [0.1, 0.15) is 24.5 Å². The minimum absolute atomic E-state index is 0.119. The Morgan fingerprint density at radius 2 is 2.21 bits per heavy atom. The molecular weight excluding hydrogens is 250 g/mol. The monoisotopic (exact) mass is 268 g/mol. The Labute approximate surface area is 112 Å². The molecule has 0 amide bonds. The molecule has 0 aliphatic carbocycles. The molecule has 1 aromatic rings. The highest BCUT2D eigenvalue weighted by Crippen LogP contribution is 2.40. The van der Waals surface area contributed by atoms with Gasteiger partial charge in [-0.05, 0) is 31.6 Å². The first-order valence-corrected chi connectivity index (χ1v) is 6.30. The van der Waals surface area contributed by atoms with Crippen molar-refractivity contribution in [1.29, 1.82) is 0 Å². The second-order valence-electron chi connectivity index (χ2n) is 4.96. The molecule has 1 aliphatic heterocycles. The van der Waals surface area contributed by atoms with Crippen LogP contribution in [0, 0.1) is 6.92 Å². The summed E-state index contributed by atoms with van der Waals surface area (Å²) in [5, 5.41) is 0. The van der Waals surface area contributed by atoms with Crippen molar-refractivity contribution in [2.45, 2.75) is 32.3 Å². The van der Waals surface area contributed by atoms with E-state index in [-0.39, 0.29) is 23.0 Å². The summed E-state index contributed by atoms with van der Waals surface area (Å²) in [4.78, 5) is 0. The Morgan fingerprint density at radius 1 is 1.47 bits per heavy atom. The Hall–Kier alpha value is -1.42. The Morgan fingerprint density at radius 3 is 2.79 bits per heavy atom. The van der Waals surface area contributed by atoms with Crippen molar-refractivity contribution in [3.8, 4) is 5.75 Å². The Bertz CT molecular complexity index is 477. The van der Waals surface area contributed by atoms with Gasteiger partial charge in [-0.1, -0.05) is 18.2 Å². The molecule has 1 saturated heterocycles. The maximum atomic E-state index is 14.2. The zero-order valence-corrected chi connectivity index (χ0v) is 11.2. The molecule has 0 radical (unpaired) electrons. The highest BCUT2D eigenvalue weighted by Gasteiger charge is 2.36. The van der Waals surface area contributed by atoms with Gasteiger partial charge in [0.05, 0.1) is 18.8 Å². The first kappa shape index (κ1) is 14.0. The third kappa shape index (κ3) is 2.95. The zero-order valence-electron chi connectivity index (χ0n) is 11.2. The summed E-state index contributed by atoms with van der Waals surface area (Å²) in [6.45, 7) is 7.54. The molecule has 0 bridgehead atoms. The summed E-state index contributed by atoms with van der Waals surface area (Å²) in [5.74, 6) is -2.87. The number of hydrogen-bond donors (Lipinski definition) is 0. The van der Waals surface area contributed by atoms with E-state index in [1.54, 1.807) is 19.1 Å². The third-order valence-corrected chi connectivity index (χ3v) is 3.19. The number of allylic oxidation sites excluding steroid dienone is 1. The molecule has 0 spiro atoms. The molecule has 4 heteroatoms. The predicted molar refractivity (Wildman–Crippen MR) is 69.7 cm³/mol. The summed E-state index contributed by atoms with van der Waals surface area (Å²) in [6.07, 6.45) is 0.578. The fraction of sp³-hybridized carbons (Fsp3) is 0.467. The van der Waals surface area contributed by atoms with Crippen molar-refractivity contribution in [2.24, 2.45) is 0 Å². The molecule has 1 fully saturated rings. The average molecular weight is 268 g/mol. The first-order valence-electron chi connectivity index (χ1n) is 6.30. The first-order chi connectivity index (χ1) is 8.91. The molecule has 19 heavy (non-hydrogen) atoms. The lowest BCUT2D eigenvalue weighted by atomic mass is 9.99. The molecular formula is C15H18F2O2. The fourth-order valence-electron chi connectivity index (χ4n) is 2.01. The molecule has 1 heterocycles. The second-order valence-corrected chi connectivity index (χ2v) is 4.96. The van der Waals surface area contributed by atoms with Gasteiger partial charge in [0, 0.05) is 6.42 Å². The Balaban J connectivity index is 2.34. The van der Waals surface area contributed by atoms with Gasteiger partial charge in [0.1, 0.15) is 11.9 Å². The van der Waals surface area contributed by atoms with Crippen LogP contribution in [0.4, 0.5) is 8.78 Å². The van der Waals surface area contributed by atoms with Crippen molar-refractivity contribution in [1.82, 2.24) is 0 Å². The lowest BCUT2D eigenvalue weighted by Gasteiger charge is -2.22. The average Bonchev–Trinajstić information content (AvgIpc) is 2.84. The fourth-order valence-corrected chi connectivity index (χ4v) is 2.01. The van der Waals surface area contributed by atoms with Gasteiger partial charge in [-0.15, -0.1) is 0 Å². The molecule has 2 nitrogen and oxygen atoms in total. The van der Waals surface area contributed by atoms with Crippen LogP contribution in [-0.2, 0) is 10.7 Å². The SMILES string of the molecule is C=C(C)C(F)(F)c1cc(C)ccc1OC1CCOC1. The lowest BCUT2D eigenvalue weighted by Crippen LogP contribution is -2.21. The predicted octanol–water partition coefficient (Wildman–Crippen LogP) is 3.83. The molecule has 104 valence electrons. The lowest BCUT2D eigenvalue weighted by molar-refractivity contribution is 0.0329. The summed E-state index contributed by atoms with van der Waals surface area (Å²) < 4.78 is 39.2. The van der Waals surface area contributed by atoms with E-state index in [0.717, 1.165) is 12.0 Å². The maximum absolute atomic E-state index is 14.2. The topological polar surface area (TPSA) is 18.5 Å². The van der Waals surface area contributed by atoms with Crippen LogP contribution in [0.15, 0.2) is 30.4 Å². The molecule has 2 rings (SSSR count). The molecule has 1 aliphatic rings. The Kier molecular flexibility index (Phi) is 3.90. The summed E-state index contributed by atoms with van der Waals surface area (Å²) in [6, 6.07) is 4.82. The van der Waals surface area contributed by atoms with E-state index in [1.807, 2.05) is 0 Å². The summed E-state index contributed by atoms with van der Waals surface area (Å²) in [5.41, 5.74) is 0.462. The third-order valence-electron chi connectivity index (χ3n) is 3.19. The number of halogens is 2. The molecule has 0 aromatic heterocycles. The van der Waals surface area contributed by atoms with Gasteiger partial charge in [-0.25, -0.2) is 0 Å². The van der Waals surface area contributed by atoms with Crippen LogP contribution in [0.5, 0.6) is 5.75 Å². The number of rotatable bonds is 4. The van der Waals surface area contributed by atoms with E-state index >= 15 is 0 Å². The van der Waals surface area contributed by atoms with Crippen molar-refractivity contribution in [2.75, 3.05) is 13.2 Å². The standard InChI is InChI=1S/C15H18F2O2/c1-10(2)15(16,17)13-8-11(3)4-5-14(13)19-12-6-7-18-9-12/h4-5,8,12H,1,6-7,9H2,2-3H3. The number of aryl methyl sites for hydroxylation is 1. The normalized spacial score (nSPS) is 19.5. The highest BCUT2D eigenvalue weighted by molar-refractivity contribution is 5.43. The van der Waals surface area contributed by atoms with E-state index in [0.29, 0.717) is 13.2 Å². The van der Waals surface area contributed by atoms with Crippen molar-refractivity contribution >= 4 is 0 Å². The van der Waals surface area contributed by atoms with E-state index < -0.39 is 5.92 Å². The van der Waals surface area contributed by atoms with E-state index in [4.69, 9.17) is 9.47 Å². The van der Waals surface area contributed by atoms with Crippen molar-refractivity contribution < 1.29 is 18.3 Å². The molecule has 1 unspecified atom stereocenters. The largest absolute Gasteiger partial charge is 0.487 e. The van der Waals surface area contributed by atoms with Crippen LogP contribution in [0.2, 0.25) is 0 Å². The minimum Gasteiger partial charge on any atom is -0.487 e. The summed E-state index contributed by atoms with van der Waals surface area (Å²) in [7, 11) is 0. The quantitative estimate of drug-likeness (QED) is 0.773. The van der Waals surface area contributed by atoms with Gasteiger partial charge in [-0.3, -0.25) is 0 Å². The van der Waals surface area contributed by atoms with Crippen LogP contribution in [-0.4, -0.2) is 19.3 Å². The van der Waals surface area contributed by atoms with E-state index in [2.05, 4.69) is 6.58 Å². The number of hydrogen-bond acceptors (Lipinski definition) is 2. The zero-order chi connectivity index (χ0) is 14.0. The minimum atomic E-state index is -3.08. The van der Waals surface area contributed by atoms with Crippen LogP contribution in [0.25, 0.3) is 0 Å². The van der Waals surface area contributed by atoms with Gasteiger partial charge in [0.15, 0.2) is 0 Å². The van der Waals surface area contributed by atoms with Crippen LogP contribution >= 0.6 is 0 Å². The van der Waals surface area contributed by atoms with Crippen LogP contribution < -0.4 is 4.74 Å². The van der Waals surface area contributed by atoms with Gasteiger partial charge in [0.25, 0.3) is 5.92 Å². The molecule has 0 N–H and O–H groups in total. The molecule has 1 aromatic carbocycles. The second kappa shape index (κ2) is 5.29. The molecule has 0 saturated carbocycles. The van der Waals surface area contributed by atoms with Gasteiger partial charge < -0.3 is 9.47 Å². The molecule has 1 atom stereocenters. The van der Waals surface area contributed by atoms with Gasteiger partial charge >= 0.3 is 0 Å². The highest BCUT2D eigenvalue weighted by atomic mass is 19.3. The number of alkyl halides is 2. The smallest absolute Gasteiger partial charge is 0.297 e. The summed E-state index contributed by atoms with van der Waals surface area (Å²) >= 11 is 0. The van der Waals surface area contributed by atoms with Crippen LogP contribution in [0.3, 0.4) is 0 Å². The maximum Gasteiger partial charge on any atom is 0.297 e. The van der Waals surface area contributed by atoms with Crippen molar-refractivity contribution in [3.63, 3.8) is 0 Å². The van der Waals surface area contributed by atoms with E-state index in [9.17, 15) is 8.78 Å². The number of benzene rings is 1. The van der Waals surface area contributed by atoms with Gasteiger partial charge in [-0.2, -0.15) is 8.78 Å². The van der Waals surface area contributed by atoms with Gasteiger partial charge in [0.2, 0.25) is 0 Å². The van der Waals surface area contributed by atoms with E-state index in [1.165, 1.54) is 13.0 Å².